The number of carbonyl (C=O) groups is 9. The van der Waals surface area contributed by atoms with Gasteiger partial charge in [-0.25, -0.2) is 0 Å². The minimum absolute atomic E-state index is 0.00961. The minimum Gasteiger partial charge on any atom is -0.508 e. The highest BCUT2D eigenvalue weighted by Crippen LogP contribution is 2.15. The lowest BCUT2D eigenvalue weighted by Crippen LogP contribution is -2.60. The number of guanidine groups is 2. The zero-order valence-corrected chi connectivity index (χ0v) is 44.8. The number of hydrogen-bond acceptors (Lipinski definition) is 12. The Hall–Kier alpha value is -8.77. The van der Waals surface area contributed by atoms with Crippen LogP contribution in [0.4, 0.5) is 0 Å². The molecular weight excluding hydrogens is 1020 g/mol. The van der Waals surface area contributed by atoms with Crippen LogP contribution in [0.2, 0.25) is 0 Å². The van der Waals surface area contributed by atoms with Crippen LogP contribution < -0.4 is 65.9 Å². The highest BCUT2D eigenvalue weighted by atomic mass is 16.3. The van der Waals surface area contributed by atoms with Gasteiger partial charge in [0, 0.05) is 58.3 Å². The summed E-state index contributed by atoms with van der Waals surface area (Å²) in [6.07, 6.45) is -0.00794. The van der Waals surface area contributed by atoms with Gasteiger partial charge in [0.05, 0.1) is 6.54 Å². The van der Waals surface area contributed by atoms with Gasteiger partial charge in [-0.3, -0.25) is 53.1 Å². The number of benzene rings is 3. The molecule has 0 unspecified atom stereocenters. The van der Waals surface area contributed by atoms with Gasteiger partial charge < -0.3 is 75.9 Å². The zero-order chi connectivity index (χ0) is 57.9. The second-order valence-electron chi connectivity index (χ2n) is 19.6. The second-order valence-corrected chi connectivity index (χ2v) is 19.6. The molecule has 25 heteroatoms. The smallest absolute Gasteiger partial charge is 0.246 e. The van der Waals surface area contributed by atoms with E-state index in [0.717, 1.165) is 4.90 Å². The molecule has 9 amide bonds. The van der Waals surface area contributed by atoms with E-state index in [1.165, 1.54) is 12.1 Å². The van der Waals surface area contributed by atoms with Crippen molar-refractivity contribution < 1.29 is 48.3 Å². The summed E-state index contributed by atoms with van der Waals surface area (Å²) in [7, 11) is 0. The normalized spacial score (nSPS) is 18.9. The quantitative estimate of drug-likeness (QED) is 0.0297. The van der Waals surface area contributed by atoms with E-state index < -0.39 is 96.0 Å². The van der Waals surface area contributed by atoms with Crippen molar-refractivity contribution in [2.75, 3.05) is 32.7 Å². The maximum Gasteiger partial charge on any atom is 0.246 e. The van der Waals surface area contributed by atoms with Crippen LogP contribution in [0.5, 0.6) is 5.75 Å². The summed E-state index contributed by atoms with van der Waals surface area (Å²) >= 11 is 0. The van der Waals surface area contributed by atoms with Crippen molar-refractivity contribution in [3.05, 3.63) is 102 Å². The lowest BCUT2D eigenvalue weighted by Gasteiger charge is -2.30. The van der Waals surface area contributed by atoms with Crippen LogP contribution in [-0.2, 0) is 62.4 Å². The number of primary amides is 1. The first kappa shape index (κ1) is 62.8. The number of phenolic OH excluding ortho intramolecular Hbond substituents is 1. The molecule has 3 aromatic carbocycles. The standard InChI is InChI=1S/C54H77N15O10/c1-33(2)28-40(47(55)74)65-48(75)39(17-11-25-62-54(58)59)64-46(73)32-69-27-26-60-44(71)18-9-19-45(72)63-38(16-10-24-61-53(56)57)49(76)66-42(30-36-20-22-37(70)23-21-36)50(77)67-41(29-34-12-5-3-6-13-34)51(78)68-43(52(69)79)31-35-14-7-4-8-15-35/h3-8,12-15,20-23,33,38-43,70H,9-11,16-19,24-32H2,1-2H3,(H2,55,74)(H,60,71)(H,63,72)(H,64,73)(H,65,75)(H,66,76)(H,67,77)(H,68,78)(H4,56,57,61)(H4,58,59,62)/t38-,39-,40-,41-,42-,43+/m0/s1. The van der Waals surface area contributed by atoms with Crippen LogP contribution in [0.1, 0.15) is 81.9 Å². The number of phenols is 1. The van der Waals surface area contributed by atoms with E-state index >= 15 is 4.79 Å². The number of nitrogens with zero attached hydrogens (tertiary/aromatic N) is 3. The molecule has 0 radical (unpaired) electrons. The van der Waals surface area contributed by atoms with Gasteiger partial charge in [0.15, 0.2) is 11.9 Å². The van der Waals surface area contributed by atoms with Crippen molar-refractivity contribution in [3.63, 3.8) is 0 Å². The molecule has 4 rings (SSSR count). The molecule has 25 nitrogen and oxygen atoms in total. The molecule has 428 valence electrons. The van der Waals surface area contributed by atoms with Gasteiger partial charge in [0.2, 0.25) is 53.2 Å². The molecule has 1 saturated heterocycles. The third-order valence-corrected chi connectivity index (χ3v) is 12.5. The molecule has 1 heterocycles. The largest absolute Gasteiger partial charge is 0.508 e. The Labute approximate surface area is 459 Å². The summed E-state index contributed by atoms with van der Waals surface area (Å²) in [5, 5.41) is 29.1. The molecule has 1 fully saturated rings. The summed E-state index contributed by atoms with van der Waals surface area (Å²) in [5.41, 5.74) is 29.4. The Morgan fingerprint density at radius 1 is 0.633 bits per heavy atom. The average molecular weight is 1100 g/mol. The molecule has 79 heavy (non-hydrogen) atoms. The van der Waals surface area contributed by atoms with Crippen LogP contribution in [0.25, 0.3) is 0 Å². The second kappa shape index (κ2) is 32.7. The number of nitrogens with one attached hydrogen (secondary N) is 7. The number of aromatic hydroxyl groups is 1. The zero-order valence-electron chi connectivity index (χ0n) is 44.8. The Bertz CT molecular complexity index is 2580. The maximum absolute atomic E-state index is 15.1. The first-order valence-electron chi connectivity index (χ1n) is 26.3. The Balaban J connectivity index is 1.79. The Morgan fingerprint density at radius 2 is 1.14 bits per heavy atom. The molecule has 0 saturated carbocycles. The third-order valence-electron chi connectivity index (χ3n) is 12.5. The Morgan fingerprint density at radius 3 is 1.68 bits per heavy atom. The predicted octanol–water partition coefficient (Wildman–Crippen LogP) is -1.90. The molecule has 0 spiro atoms. The molecule has 18 N–H and O–H groups in total. The van der Waals surface area contributed by atoms with E-state index in [1.807, 2.05) is 13.8 Å². The lowest BCUT2D eigenvalue weighted by atomic mass is 10.0. The number of carbonyl (C=O) groups excluding carboxylic acids is 9. The first-order valence-corrected chi connectivity index (χ1v) is 26.3. The van der Waals surface area contributed by atoms with Crippen LogP contribution in [-0.4, -0.2) is 144 Å². The van der Waals surface area contributed by atoms with Crippen molar-refractivity contribution in [3.8, 4) is 5.75 Å². The van der Waals surface area contributed by atoms with Crippen molar-refractivity contribution >= 4 is 65.1 Å². The molecule has 1 aliphatic heterocycles. The number of hydrogen-bond donors (Lipinski definition) is 13. The van der Waals surface area contributed by atoms with E-state index in [2.05, 4.69) is 47.2 Å². The molecule has 6 atom stereocenters. The fourth-order valence-electron chi connectivity index (χ4n) is 8.53. The lowest BCUT2D eigenvalue weighted by molar-refractivity contribution is -0.140. The van der Waals surface area contributed by atoms with Gasteiger partial charge in [-0.15, -0.1) is 0 Å². The number of aliphatic imine (C=N–C) groups is 2. The SMILES string of the molecule is CC(C)C[C@H](NC(=O)[C@H](CCCN=C(N)N)NC(=O)CN1CCNC(=O)CCCC(=O)N[C@@H](CCCN=C(N)N)C(=O)N[C@@H](Cc2ccc(O)cc2)C(=O)N[C@@H](Cc2ccccc2)C(=O)N[C@H](Cc2ccccc2)C1=O)C(N)=O. The van der Waals surface area contributed by atoms with E-state index in [0.29, 0.717) is 16.7 Å². The van der Waals surface area contributed by atoms with Crippen molar-refractivity contribution in [2.45, 2.75) is 121 Å². The molecule has 0 bridgehead atoms. The molecule has 1 aliphatic rings. The summed E-state index contributed by atoms with van der Waals surface area (Å²) in [6, 6.07) is 15.6. The summed E-state index contributed by atoms with van der Waals surface area (Å²) in [6.45, 7) is 2.68. The van der Waals surface area contributed by atoms with E-state index in [-0.39, 0.29) is 120 Å². The minimum atomic E-state index is -1.42. The van der Waals surface area contributed by atoms with E-state index in [9.17, 15) is 43.5 Å². The first-order chi connectivity index (χ1) is 37.7. The van der Waals surface area contributed by atoms with Crippen molar-refractivity contribution in [1.82, 2.24) is 42.1 Å². The van der Waals surface area contributed by atoms with Crippen molar-refractivity contribution in [2.24, 2.45) is 44.6 Å². The van der Waals surface area contributed by atoms with Gasteiger partial charge in [-0.05, 0) is 73.3 Å². The van der Waals surface area contributed by atoms with E-state index in [1.54, 1.807) is 72.8 Å². The molecular formula is C54H77N15O10. The highest BCUT2D eigenvalue weighted by molar-refractivity contribution is 5.97. The summed E-state index contributed by atoms with van der Waals surface area (Å²) in [4.78, 5) is 135. The van der Waals surface area contributed by atoms with Crippen LogP contribution in [0, 0.1) is 5.92 Å². The van der Waals surface area contributed by atoms with Crippen LogP contribution in [0.3, 0.4) is 0 Å². The topological polar surface area (TPSA) is 416 Å². The molecule has 3 aromatic rings. The van der Waals surface area contributed by atoms with Gasteiger partial charge in [0.1, 0.15) is 42.0 Å². The fraction of sp³-hybridized carbons (Fsp3) is 0.463. The highest BCUT2D eigenvalue weighted by Gasteiger charge is 2.35. The average Bonchev–Trinajstić information content (AvgIpc) is 3.41. The number of amides is 9. The van der Waals surface area contributed by atoms with Crippen molar-refractivity contribution in [1.29, 1.82) is 0 Å². The van der Waals surface area contributed by atoms with Gasteiger partial charge in [0.25, 0.3) is 0 Å². The van der Waals surface area contributed by atoms with Crippen LogP contribution in [0.15, 0.2) is 94.9 Å². The predicted molar refractivity (Wildman–Crippen MR) is 296 cm³/mol. The summed E-state index contributed by atoms with van der Waals surface area (Å²) < 4.78 is 0. The molecule has 0 aromatic heterocycles. The third kappa shape index (κ3) is 23.6. The Kier molecular flexibility index (Phi) is 26.0. The van der Waals surface area contributed by atoms with Crippen LogP contribution >= 0.6 is 0 Å². The number of rotatable bonds is 22. The molecule has 0 aliphatic carbocycles. The van der Waals surface area contributed by atoms with Gasteiger partial charge >= 0.3 is 0 Å². The summed E-state index contributed by atoms with van der Waals surface area (Å²) in [5.74, 6) is -7.07. The fourth-order valence-corrected chi connectivity index (χ4v) is 8.53. The monoisotopic (exact) mass is 1100 g/mol. The number of nitrogens with two attached hydrogens (primary N) is 5. The van der Waals surface area contributed by atoms with E-state index in [4.69, 9.17) is 28.7 Å². The maximum atomic E-state index is 15.1. The van der Waals surface area contributed by atoms with Gasteiger partial charge in [-0.1, -0.05) is 86.6 Å². The van der Waals surface area contributed by atoms with Gasteiger partial charge in [-0.2, -0.15) is 0 Å².